The second-order valence-corrected chi connectivity index (χ2v) is 3.45. The van der Waals surface area contributed by atoms with Gasteiger partial charge in [0.1, 0.15) is 3.70 Å². The van der Waals surface area contributed by atoms with Crippen LogP contribution in [0.25, 0.3) is 0 Å². The van der Waals surface area contributed by atoms with Crippen molar-refractivity contribution in [3.63, 3.8) is 0 Å². The molecule has 0 saturated heterocycles. The fourth-order valence-electron chi connectivity index (χ4n) is 0.882. The number of aryl methyl sites for hydroxylation is 1. The highest BCUT2D eigenvalue weighted by molar-refractivity contribution is 14.1. The summed E-state index contributed by atoms with van der Waals surface area (Å²) in [6.45, 7) is 2.22. The summed E-state index contributed by atoms with van der Waals surface area (Å²) in [5, 5.41) is 8.65. The molecule has 0 fully saturated rings. The maximum atomic E-state index is 8.65. The molecule has 0 spiro atoms. The van der Waals surface area contributed by atoms with E-state index in [9.17, 15) is 0 Å². The summed E-state index contributed by atoms with van der Waals surface area (Å²) in [5.74, 6) is 0. The molecule has 0 amide bonds. The Balaban J connectivity index is 2.86. The van der Waals surface area contributed by atoms with E-state index in [1.54, 1.807) is 0 Å². The highest BCUT2D eigenvalue weighted by Crippen LogP contribution is 2.09. The first-order chi connectivity index (χ1) is 5.24. The number of hydrogen-bond donors (Lipinski definition) is 1. The average Bonchev–Trinajstić information content (AvgIpc) is 1.98. The molecular formula is C8H10INO. The summed E-state index contributed by atoms with van der Waals surface area (Å²) in [6.07, 6.45) is 2.51. The third-order valence-electron chi connectivity index (χ3n) is 1.47. The first kappa shape index (κ1) is 8.93. The summed E-state index contributed by atoms with van der Waals surface area (Å²) in [6, 6.07) is 2.06. The summed E-state index contributed by atoms with van der Waals surface area (Å²) < 4.78 is 1.03. The van der Waals surface area contributed by atoms with Gasteiger partial charge in [0.25, 0.3) is 0 Å². The summed E-state index contributed by atoms with van der Waals surface area (Å²) in [5.41, 5.74) is 2.28. The van der Waals surface area contributed by atoms with E-state index in [0.717, 1.165) is 9.26 Å². The highest BCUT2D eigenvalue weighted by atomic mass is 127. The first-order valence-corrected chi connectivity index (χ1v) is 4.54. The molecule has 1 aromatic rings. The normalized spacial score (nSPS) is 10.1. The lowest BCUT2D eigenvalue weighted by atomic mass is 10.2. The molecule has 0 unspecified atom stereocenters. The van der Waals surface area contributed by atoms with Crippen LogP contribution < -0.4 is 0 Å². The van der Waals surface area contributed by atoms with Gasteiger partial charge in [-0.2, -0.15) is 0 Å². The maximum Gasteiger partial charge on any atom is 0.104 e. The van der Waals surface area contributed by atoms with E-state index in [2.05, 4.69) is 33.6 Å². The molecule has 1 rings (SSSR count). The number of aliphatic hydroxyl groups excluding tert-OH is 1. The standard InChI is InChI=1S/C8H10INO/c1-6-4-7(2-3-11)5-10-8(6)9/h4-5,11H,2-3H2,1H3. The van der Waals surface area contributed by atoms with Crippen molar-refractivity contribution in [2.75, 3.05) is 6.61 Å². The number of pyridine rings is 1. The minimum absolute atomic E-state index is 0.196. The average molecular weight is 263 g/mol. The second kappa shape index (κ2) is 4.01. The van der Waals surface area contributed by atoms with Crippen LogP contribution in [-0.2, 0) is 6.42 Å². The molecule has 0 aliphatic rings. The third-order valence-corrected chi connectivity index (χ3v) is 2.60. The van der Waals surface area contributed by atoms with Crippen LogP contribution in [0.3, 0.4) is 0 Å². The van der Waals surface area contributed by atoms with Gasteiger partial charge in [0.05, 0.1) is 0 Å². The van der Waals surface area contributed by atoms with Crippen LogP contribution in [0.1, 0.15) is 11.1 Å². The molecule has 0 saturated carbocycles. The Labute approximate surface area is 79.8 Å². The summed E-state index contributed by atoms with van der Waals surface area (Å²) >= 11 is 2.20. The van der Waals surface area contributed by atoms with E-state index in [1.165, 1.54) is 5.56 Å². The SMILES string of the molecule is Cc1cc(CCO)cnc1I. The molecule has 0 aromatic carbocycles. The molecule has 1 aromatic heterocycles. The Kier molecular flexibility index (Phi) is 3.26. The molecule has 2 nitrogen and oxygen atoms in total. The van der Waals surface area contributed by atoms with Gasteiger partial charge in [-0.3, -0.25) is 0 Å². The molecule has 0 radical (unpaired) electrons. The van der Waals surface area contributed by atoms with Crippen molar-refractivity contribution in [3.8, 4) is 0 Å². The summed E-state index contributed by atoms with van der Waals surface area (Å²) in [4.78, 5) is 4.17. The van der Waals surface area contributed by atoms with Crippen molar-refractivity contribution in [1.29, 1.82) is 0 Å². The Bertz CT molecular complexity index is 250. The molecule has 60 valence electrons. The quantitative estimate of drug-likeness (QED) is 0.648. The number of hydrogen-bond acceptors (Lipinski definition) is 2. The molecule has 0 aliphatic heterocycles. The van der Waals surface area contributed by atoms with Gasteiger partial charge in [-0.25, -0.2) is 4.98 Å². The van der Waals surface area contributed by atoms with Crippen LogP contribution in [0.15, 0.2) is 12.3 Å². The monoisotopic (exact) mass is 263 g/mol. The molecule has 0 aliphatic carbocycles. The number of nitrogens with zero attached hydrogens (tertiary/aromatic N) is 1. The summed E-state index contributed by atoms with van der Waals surface area (Å²) in [7, 11) is 0. The van der Waals surface area contributed by atoms with E-state index in [0.29, 0.717) is 6.42 Å². The van der Waals surface area contributed by atoms with Crippen molar-refractivity contribution in [3.05, 3.63) is 27.1 Å². The van der Waals surface area contributed by atoms with E-state index < -0.39 is 0 Å². The van der Waals surface area contributed by atoms with Crippen LogP contribution in [0.5, 0.6) is 0 Å². The number of halogens is 1. The van der Waals surface area contributed by atoms with Gasteiger partial charge in [0, 0.05) is 12.8 Å². The number of aromatic nitrogens is 1. The first-order valence-electron chi connectivity index (χ1n) is 3.46. The van der Waals surface area contributed by atoms with E-state index in [1.807, 2.05) is 13.1 Å². The molecule has 0 atom stereocenters. The lowest BCUT2D eigenvalue weighted by Gasteiger charge is -2.00. The van der Waals surface area contributed by atoms with Crippen LogP contribution >= 0.6 is 22.6 Å². The molecule has 1 N–H and O–H groups in total. The minimum atomic E-state index is 0.196. The van der Waals surface area contributed by atoms with Gasteiger partial charge >= 0.3 is 0 Å². The fraction of sp³-hybridized carbons (Fsp3) is 0.375. The largest absolute Gasteiger partial charge is 0.396 e. The van der Waals surface area contributed by atoms with Gasteiger partial charge in [0.15, 0.2) is 0 Å². The zero-order valence-corrected chi connectivity index (χ0v) is 8.50. The van der Waals surface area contributed by atoms with E-state index in [-0.39, 0.29) is 6.61 Å². The Morgan fingerprint density at radius 3 is 2.91 bits per heavy atom. The van der Waals surface area contributed by atoms with Gasteiger partial charge in [-0.1, -0.05) is 6.07 Å². The Morgan fingerprint density at radius 1 is 1.64 bits per heavy atom. The van der Waals surface area contributed by atoms with Crippen LogP contribution in [0.4, 0.5) is 0 Å². The third kappa shape index (κ3) is 2.41. The number of aliphatic hydroxyl groups is 1. The lowest BCUT2D eigenvalue weighted by Crippen LogP contribution is -1.94. The van der Waals surface area contributed by atoms with Gasteiger partial charge in [0.2, 0.25) is 0 Å². The smallest absolute Gasteiger partial charge is 0.104 e. The van der Waals surface area contributed by atoms with Crippen molar-refractivity contribution in [2.45, 2.75) is 13.3 Å². The molecule has 11 heavy (non-hydrogen) atoms. The van der Waals surface area contributed by atoms with Crippen LogP contribution in [0.2, 0.25) is 0 Å². The van der Waals surface area contributed by atoms with Crippen molar-refractivity contribution >= 4 is 22.6 Å². The molecule has 1 heterocycles. The Hall–Kier alpha value is -0.160. The van der Waals surface area contributed by atoms with E-state index in [4.69, 9.17) is 5.11 Å². The van der Waals surface area contributed by atoms with Gasteiger partial charge in [-0.05, 0) is 47.1 Å². The minimum Gasteiger partial charge on any atom is -0.396 e. The lowest BCUT2D eigenvalue weighted by molar-refractivity contribution is 0.299. The predicted octanol–water partition coefficient (Wildman–Crippen LogP) is 1.53. The Morgan fingerprint density at radius 2 is 2.36 bits per heavy atom. The molecule has 3 heteroatoms. The fourth-order valence-corrected chi connectivity index (χ4v) is 1.18. The van der Waals surface area contributed by atoms with Crippen LogP contribution in [-0.4, -0.2) is 16.7 Å². The predicted molar refractivity (Wildman–Crippen MR) is 52.5 cm³/mol. The maximum absolute atomic E-state index is 8.65. The zero-order chi connectivity index (χ0) is 8.27. The van der Waals surface area contributed by atoms with Crippen molar-refractivity contribution < 1.29 is 5.11 Å². The number of rotatable bonds is 2. The topological polar surface area (TPSA) is 33.1 Å². The molecule has 0 bridgehead atoms. The van der Waals surface area contributed by atoms with Crippen molar-refractivity contribution in [1.82, 2.24) is 4.98 Å². The highest BCUT2D eigenvalue weighted by Gasteiger charge is 1.96. The van der Waals surface area contributed by atoms with Crippen LogP contribution in [0, 0.1) is 10.6 Å². The van der Waals surface area contributed by atoms with E-state index >= 15 is 0 Å². The second-order valence-electron chi connectivity index (χ2n) is 2.42. The van der Waals surface area contributed by atoms with Crippen molar-refractivity contribution in [2.24, 2.45) is 0 Å². The van der Waals surface area contributed by atoms with Gasteiger partial charge in [-0.15, -0.1) is 0 Å². The molecular weight excluding hydrogens is 253 g/mol. The van der Waals surface area contributed by atoms with Gasteiger partial charge < -0.3 is 5.11 Å². The zero-order valence-electron chi connectivity index (χ0n) is 6.34.